The van der Waals surface area contributed by atoms with Crippen LogP contribution in [0.15, 0.2) is 41.9 Å². The van der Waals surface area contributed by atoms with E-state index in [1.165, 1.54) is 12.1 Å². The van der Waals surface area contributed by atoms with E-state index in [2.05, 4.69) is 27.1 Å². The summed E-state index contributed by atoms with van der Waals surface area (Å²) in [5, 5.41) is 17.1. The SMILES string of the molecule is C=CCCCN(C)C(=NC)NCCNc1ccc([N+](=O)[O-])cc1. The van der Waals surface area contributed by atoms with E-state index in [4.69, 9.17) is 0 Å². The van der Waals surface area contributed by atoms with Gasteiger partial charge < -0.3 is 15.5 Å². The molecule has 0 heterocycles. The highest BCUT2D eigenvalue weighted by Crippen LogP contribution is 2.14. The van der Waals surface area contributed by atoms with Crippen LogP contribution in [0.4, 0.5) is 11.4 Å². The predicted octanol–water partition coefficient (Wildman–Crippen LogP) is 2.48. The number of allylic oxidation sites excluding steroid dienone is 1. The number of nitrogens with one attached hydrogen (secondary N) is 2. The average Bonchev–Trinajstić information content (AvgIpc) is 2.55. The predicted molar refractivity (Wildman–Crippen MR) is 95.0 cm³/mol. The number of aliphatic imine (C=N–C) groups is 1. The molecule has 126 valence electrons. The van der Waals surface area contributed by atoms with Crippen molar-refractivity contribution in [3.63, 3.8) is 0 Å². The Bertz CT molecular complexity index is 528. The second kappa shape index (κ2) is 10.2. The molecule has 0 aliphatic heterocycles. The van der Waals surface area contributed by atoms with Crippen LogP contribution in [0.2, 0.25) is 0 Å². The van der Waals surface area contributed by atoms with Gasteiger partial charge in [0.15, 0.2) is 5.96 Å². The smallest absolute Gasteiger partial charge is 0.269 e. The van der Waals surface area contributed by atoms with Crippen molar-refractivity contribution in [3.05, 3.63) is 47.0 Å². The topological polar surface area (TPSA) is 82.8 Å². The molecule has 0 radical (unpaired) electrons. The molecule has 1 rings (SSSR count). The first kappa shape index (κ1) is 18.5. The molecule has 7 nitrogen and oxygen atoms in total. The Balaban J connectivity index is 2.31. The van der Waals surface area contributed by atoms with Crippen LogP contribution in [0.25, 0.3) is 0 Å². The summed E-state index contributed by atoms with van der Waals surface area (Å²) in [6, 6.07) is 6.38. The molecule has 2 N–H and O–H groups in total. The second-order valence-corrected chi connectivity index (χ2v) is 5.06. The summed E-state index contributed by atoms with van der Waals surface area (Å²) in [4.78, 5) is 16.5. The quantitative estimate of drug-likeness (QED) is 0.182. The van der Waals surface area contributed by atoms with Gasteiger partial charge >= 0.3 is 0 Å². The van der Waals surface area contributed by atoms with Crippen molar-refractivity contribution in [1.82, 2.24) is 10.2 Å². The number of nitrogens with zero attached hydrogens (tertiary/aromatic N) is 3. The summed E-state index contributed by atoms with van der Waals surface area (Å²) >= 11 is 0. The molecule has 0 aliphatic rings. The normalized spacial score (nSPS) is 11.0. The third kappa shape index (κ3) is 6.82. The summed E-state index contributed by atoms with van der Waals surface area (Å²) in [5.74, 6) is 0.847. The van der Waals surface area contributed by atoms with Gasteiger partial charge in [0.2, 0.25) is 0 Å². The molecule has 0 atom stereocenters. The van der Waals surface area contributed by atoms with Gasteiger partial charge in [-0.1, -0.05) is 6.08 Å². The minimum atomic E-state index is -0.405. The Labute approximate surface area is 137 Å². The zero-order valence-corrected chi connectivity index (χ0v) is 13.8. The number of non-ortho nitro benzene ring substituents is 1. The van der Waals surface area contributed by atoms with E-state index in [-0.39, 0.29) is 5.69 Å². The molecule has 0 aromatic heterocycles. The first-order valence-electron chi connectivity index (χ1n) is 7.59. The molecule has 0 aliphatic carbocycles. The van der Waals surface area contributed by atoms with Gasteiger partial charge in [0.05, 0.1) is 4.92 Å². The fourth-order valence-electron chi connectivity index (χ4n) is 2.05. The van der Waals surface area contributed by atoms with Gasteiger partial charge in [-0.25, -0.2) is 0 Å². The standard InChI is InChI=1S/C16H25N5O2/c1-4-5-6-13-20(3)16(17-2)19-12-11-18-14-7-9-15(10-8-14)21(22)23/h4,7-10,18H,1,5-6,11-13H2,2-3H3,(H,17,19). The average molecular weight is 319 g/mol. The number of anilines is 1. The largest absolute Gasteiger partial charge is 0.383 e. The van der Waals surface area contributed by atoms with Crippen LogP contribution in [0.3, 0.4) is 0 Å². The fourth-order valence-corrected chi connectivity index (χ4v) is 2.05. The molecule has 1 aromatic carbocycles. The van der Waals surface area contributed by atoms with E-state index in [0.29, 0.717) is 13.1 Å². The van der Waals surface area contributed by atoms with Crippen LogP contribution in [-0.2, 0) is 0 Å². The lowest BCUT2D eigenvalue weighted by Gasteiger charge is -2.22. The fraction of sp³-hybridized carbons (Fsp3) is 0.438. The van der Waals surface area contributed by atoms with Gasteiger partial charge in [-0.3, -0.25) is 15.1 Å². The second-order valence-electron chi connectivity index (χ2n) is 5.06. The van der Waals surface area contributed by atoms with E-state index in [0.717, 1.165) is 31.0 Å². The maximum absolute atomic E-state index is 10.6. The van der Waals surface area contributed by atoms with E-state index in [1.807, 2.05) is 13.1 Å². The Hall–Kier alpha value is -2.57. The van der Waals surface area contributed by atoms with E-state index >= 15 is 0 Å². The van der Waals surface area contributed by atoms with Crippen LogP contribution in [-0.4, -0.2) is 49.5 Å². The van der Waals surface area contributed by atoms with Crippen LogP contribution in [0.5, 0.6) is 0 Å². The molecule has 0 saturated carbocycles. The van der Waals surface area contributed by atoms with Crippen LogP contribution < -0.4 is 10.6 Å². The van der Waals surface area contributed by atoms with E-state index in [9.17, 15) is 10.1 Å². The molecule has 0 fully saturated rings. The highest BCUT2D eigenvalue weighted by Gasteiger charge is 2.05. The third-order valence-corrected chi connectivity index (χ3v) is 3.29. The number of rotatable bonds is 9. The Morgan fingerprint density at radius 2 is 2.09 bits per heavy atom. The molecule has 0 saturated heterocycles. The number of guanidine groups is 1. The minimum absolute atomic E-state index is 0.0928. The number of unbranched alkanes of at least 4 members (excludes halogenated alkanes) is 1. The molecule has 1 aromatic rings. The zero-order valence-electron chi connectivity index (χ0n) is 13.8. The molecule has 0 spiro atoms. The number of hydrogen-bond acceptors (Lipinski definition) is 4. The number of nitro benzene ring substituents is 1. The summed E-state index contributed by atoms with van der Waals surface area (Å²) < 4.78 is 0. The van der Waals surface area contributed by atoms with Crippen LogP contribution in [0.1, 0.15) is 12.8 Å². The minimum Gasteiger partial charge on any atom is -0.383 e. The molecule has 23 heavy (non-hydrogen) atoms. The van der Waals surface area contributed by atoms with Crippen molar-refractivity contribution in [2.45, 2.75) is 12.8 Å². The summed E-state index contributed by atoms with van der Waals surface area (Å²) in [6.07, 6.45) is 3.95. The molecular weight excluding hydrogens is 294 g/mol. The van der Waals surface area contributed by atoms with Gasteiger partial charge in [0, 0.05) is 51.5 Å². The highest BCUT2D eigenvalue weighted by atomic mass is 16.6. The van der Waals surface area contributed by atoms with Crippen molar-refractivity contribution in [2.24, 2.45) is 4.99 Å². The molecular formula is C16H25N5O2. The van der Waals surface area contributed by atoms with Crippen LogP contribution >= 0.6 is 0 Å². The summed E-state index contributed by atoms with van der Waals surface area (Å²) in [6.45, 7) is 6.03. The maximum Gasteiger partial charge on any atom is 0.269 e. The molecule has 7 heteroatoms. The van der Waals surface area contributed by atoms with Gasteiger partial charge in [0.1, 0.15) is 0 Å². The van der Waals surface area contributed by atoms with Gasteiger partial charge in [-0.2, -0.15) is 0 Å². The lowest BCUT2D eigenvalue weighted by atomic mass is 10.3. The van der Waals surface area contributed by atoms with Crippen molar-refractivity contribution in [1.29, 1.82) is 0 Å². The monoisotopic (exact) mass is 319 g/mol. The lowest BCUT2D eigenvalue weighted by Crippen LogP contribution is -2.41. The Morgan fingerprint density at radius 3 is 2.65 bits per heavy atom. The lowest BCUT2D eigenvalue weighted by molar-refractivity contribution is -0.384. The molecule has 0 unspecified atom stereocenters. The van der Waals surface area contributed by atoms with Crippen molar-refractivity contribution >= 4 is 17.3 Å². The molecule has 0 bridgehead atoms. The third-order valence-electron chi connectivity index (χ3n) is 3.29. The first-order valence-corrected chi connectivity index (χ1v) is 7.59. The summed E-state index contributed by atoms with van der Waals surface area (Å²) in [5.41, 5.74) is 0.946. The van der Waals surface area contributed by atoms with Crippen molar-refractivity contribution in [3.8, 4) is 0 Å². The van der Waals surface area contributed by atoms with Gasteiger partial charge in [-0.15, -0.1) is 6.58 Å². The summed E-state index contributed by atoms with van der Waals surface area (Å²) in [7, 11) is 3.76. The Kier molecular flexibility index (Phi) is 8.20. The van der Waals surface area contributed by atoms with Crippen molar-refractivity contribution < 1.29 is 4.92 Å². The first-order chi connectivity index (χ1) is 11.1. The van der Waals surface area contributed by atoms with E-state index < -0.39 is 4.92 Å². The number of nitro groups is 1. The highest BCUT2D eigenvalue weighted by molar-refractivity contribution is 5.79. The number of hydrogen-bond donors (Lipinski definition) is 2. The van der Waals surface area contributed by atoms with Crippen LogP contribution in [0, 0.1) is 10.1 Å². The Morgan fingerprint density at radius 1 is 1.39 bits per heavy atom. The van der Waals surface area contributed by atoms with Gasteiger partial charge in [-0.05, 0) is 25.0 Å². The van der Waals surface area contributed by atoms with Gasteiger partial charge in [0.25, 0.3) is 5.69 Å². The van der Waals surface area contributed by atoms with E-state index in [1.54, 1.807) is 19.2 Å². The molecule has 0 amide bonds. The van der Waals surface area contributed by atoms with Crippen molar-refractivity contribution in [2.75, 3.05) is 39.0 Å². The number of benzene rings is 1. The zero-order chi connectivity index (χ0) is 17.1. The maximum atomic E-state index is 10.6.